The number of ketones is 1. The minimum Gasteiger partial charge on any atom is -0.507 e. The Bertz CT molecular complexity index is 1720. The summed E-state index contributed by atoms with van der Waals surface area (Å²) in [6, 6.07) is 17.5. The van der Waals surface area contributed by atoms with Crippen LogP contribution in [0.2, 0.25) is 0 Å². The zero-order valence-corrected chi connectivity index (χ0v) is 26.9. The number of esters is 1. The van der Waals surface area contributed by atoms with Gasteiger partial charge in [-0.2, -0.15) is 5.10 Å². The number of carbonyl (C=O) groups excluding carboxylic acids is 3. The molecule has 2 aliphatic heterocycles. The third-order valence-corrected chi connectivity index (χ3v) is 8.22. The van der Waals surface area contributed by atoms with Gasteiger partial charge in [-0.25, -0.2) is 9.79 Å². The zero-order chi connectivity index (χ0) is 33.9. The van der Waals surface area contributed by atoms with Gasteiger partial charge in [-0.1, -0.05) is 30.3 Å². The average Bonchev–Trinajstić information content (AvgIpc) is 3.05. The predicted octanol–water partition coefficient (Wildman–Crippen LogP) is 4.27. The number of aliphatic imine (C=N–C) groups is 1. The lowest BCUT2D eigenvalue weighted by atomic mass is 9.82. The van der Waals surface area contributed by atoms with Crippen molar-refractivity contribution >= 4 is 30.2 Å². The van der Waals surface area contributed by atoms with Gasteiger partial charge in [0.05, 0.1) is 24.7 Å². The van der Waals surface area contributed by atoms with E-state index in [2.05, 4.69) is 16.8 Å². The number of ether oxygens (including phenoxy) is 3. The Labute approximate surface area is 272 Å². The summed E-state index contributed by atoms with van der Waals surface area (Å²) >= 11 is 0. The summed E-state index contributed by atoms with van der Waals surface area (Å²) in [5.74, 6) is -0.166. The van der Waals surface area contributed by atoms with Gasteiger partial charge in [0.15, 0.2) is 24.0 Å². The number of hydrogen-bond acceptors (Lipinski definition) is 10. The summed E-state index contributed by atoms with van der Waals surface area (Å²) in [5, 5.41) is 26.2. The highest BCUT2D eigenvalue weighted by atomic mass is 16.6. The number of phenols is 1. The topological polar surface area (TPSA) is 151 Å². The van der Waals surface area contributed by atoms with Crippen LogP contribution in [0, 0.1) is 0 Å². The molecule has 12 heteroatoms. The van der Waals surface area contributed by atoms with Crippen LogP contribution < -0.4 is 9.47 Å². The van der Waals surface area contributed by atoms with Gasteiger partial charge >= 0.3 is 5.97 Å². The van der Waals surface area contributed by atoms with Crippen LogP contribution in [0.15, 0.2) is 70.8 Å². The number of hydrogen-bond donors (Lipinski definition) is 2. The highest BCUT2D eigenvalue weighted by Gasteiger charge is 2.44. The third kappa shape index (κ3) is 7.12. The lowest BCUT2D eigenvalue weighted by Gasteiger charge is -2.44. The second kappa shape index (κ2) is 13.2. The van der Waals surface area contributed by atoms with E-state index in [1.807, 2.05) is 30.3 Å². The fourth-order valence-corrected chi connectivity index (χ4v) is 5.69. The van der Waals surface area contributed by atoms with Crippen molar-refractivity contribution in [2.24, 2.45) is 10.1 Å². The van der Waals surface area contributed by atoms with E-state index < -0.39 is 17.2 Å². The number of Topliss-reactive ketones (excluding diaryl/α,β-unsaturated/α-hetero) is 1. The maximum atomic E-state index is 13.5. The third-order valence-electron chi connectivity index (χ3n) is 8.22. The number of methoxy groups -OCH3 is 1. The number of likely N-dealkylation sites (tertiary alicyclic amines) is 1. The summed E-state index contributed by atoms with van der Waals surface area (Å²) in [6.07, 6.45) is 1.05. The van der Waals surface area contributed by atoms with Crippen LogP contribution in [0.4, 0.5) is 0 Å². The van der Waals surface area contributed by atoms with Crippen molar-refractivity contribution in [3.63, 3.8) is 0 Å². The molecule has 1 amide bonds. The summed E-state index contributed by atoms with van der Waals surface area (Å²) in [7, 11) is 3.06. The molecule has 2 aliphatic rings. The van der Waals surface area contributed by atoms with E-state index in [1.54, 1.807) is 36.2 Å². The number of hydrazone groups is 1. The first-order chi connectivity index (χ1) is 22.3. The molecule has 12 nitrogen and oxygen atoms in total. The van der Waals surface area contributed by atoms with E-state index in [4.69, 9.17) is 14.2 Å². The predicted molar refractivity (Wildman–Crippen MR) is 175 cm³/mol. The van der Waals surface area contributed by atoms with Crippen LogP contribution in [-0.4, -0.2) is 95.5 Å². The van der Waals surface area contributed by atoms with Crippen LogP contribution in [0.1, 0.15) is 59.4 Å². The smallest absolute Gasteiger partial charge is 0.339 e. The maximum Gasteiger partial charge on any atom is 0.339 e. The Morgan fingerprint density at radius 3 is 2.43 bits per heavy atom. The zero-order valence-electron chi connectivity index (χ0n) is 26.9. The number of piperidine rings is 1. The van der Waals surface area contributed by atoms with Crippen molar-refractivity contribution < 1.29 is 38.8 Å². The molecule has 246 valence electrons. The average molecular weight is 643 g/mol. The molecule has 0 unspecified atom stereocenters. The van der Waals surface area contributed by atoms with Crippen LogP contribution in [0.5, 0.6) is 17.2 Å². The SMILES string of the molecule is C=N/C(=N\N(C)COC(=O)C(C)(C)O)c1ccc2c(c1)C(=O)CC1(CCN(C(=O)c3cc(O)c(-c4ccccc4)c(OC)c3)CC1)O2. The van der Waals surface area contributed by atoms with E-state index in [0.29, 0.717) is 59.7 Å². The second-order valence-electron chi connectivity index (χ2n) is 12.2. The van der Waals surface area contributed by atoms with Gasteiger partial charge in [-0.05, 0) is 56.5 Å². The Kier molecular flexibility index (Phi) is 9.34. The number of rotatable bonds is 8. The highest BCUT2D eigenvalue weighted by Crippen LogP contribution is 2.42. The van der Waals surface area contributed by atoms with Crippen LogP contribution in [0.3, 0.4) is 0 Å². The van der Waals surface area contributed by atoms with Gasteiger partial charge in [0.2, 0.25) is 0 Å². The molecule has 5 rings (SSSR count). The summed E-state index contributed by atoms with van der Waals surface area (Å²) in [6.45, 7) is 6.72. The molecule has 0 saturated carbocycles. The molecule has 0 aliphatic carbocycles. The van der Waals surface area contributed by atoms with E-state index in [-0.39, 0.29) is 36.4 Å². The lowest BCUT2D eigenvalue weighted by Crippen LogP contribution is -2.52. The minimum atomic E-state index is -1.64. The van der Waals surface area contributed by atoms with Gasteiger partial charge in [-0.3, -0.25) is 14.6 Å². The molecule has 3 aromatic carbocycles. The number of fused-ring (bicyclic) bond motifs is 1. The summed E-state index contributed by atoms with van der Waals surface area (Å²) in [5.41, 5.74) is 0.111. The lowest BCUT2D eigenvalue weighted by molar-refractivity contribution is -0.166. The first kappa shape index (κ1) is 33.1. The van der Waals surface area contributed by atoms with E-state index in [9.17, 15) is 24.6 Å². The molecule has 47 heavy (non-hydrogen) atoms. The highest BCUT2D eigenvalue weighted by molar-refractivity contribution is 6.06. The van der Waals surface area contributed by atoms with Crippen LogP contribution in [-0.2, 0) is 9.53 Å². The largest absolute Gasteiger partial charge is 0.507 e. The molecular weight excluding hydrogens is 604 g/mol. The molecule has 2 heterocycles. The Morgan fingerprint density at radius 2 is 1.79 bits per heavy atom. The van der Waals surface area contributed by atoms with E-state index >= 15 is 0 Å². The number of nitrogens with zero attached hydrogens (tertiary/aromatic N) is 4. The fraction of sp³-hybridized carbons (Fsp3) is 0.343. The maximum absolute atomic E-state index is 13.5. The normalized spacial score (nSPS) is 15.8. The number of carbonyl (C=O) groups is 3. The van der Waals surface area contributed by atoms with Crippen molar-refractivity contribution in [3.8, 4) is 28.4 Å². The minimum absolute atomic E-state index is 0.0507. The van der Waals surface area contributed by atoms with Crippen LogP contribution >= 0.6 is 0 Å². The molecule has 0 bridgehead atoms. The first-order valence-corrected chi connectivity index (χ1v) is 15.1. The van der Waals surface area contributed by atoms with Crippen molar-refractivity contribution in [1.82, 2.24) is 9.91 Å². The molecule has 0 radical (unpaired) electrons. The van der Waals surface area contributed by atoms with Gasteiger partial charge in [0.25, 0.3) is 5.91 Å². The number of phenolic OH excluding ortho intramolecular Hbond substituents is 1. The monoisotopic (exact) mass is 642 g/mol. The Balaban J connectivity index is 1.26. The molecule has 1 spiro atoms. The van der Waals surface area contributed by atoms with Gasteiger partial charge in [0, 0.05) is 44.1 Å². The molecule has 2 N–H and O–H groups in total. The van der Waals surface area contributed by atoms with Crippen molar-refractivity contribution in [2.45, 2.75) is 44.3 Å². The summed E-state index contributed by atoms with van der Waals surface area (Å²) in [4.78, 5) is 44.5. The van der Waals surface area contributed by atoms with E-state index in [0.717, 1.165) is 5.56 Å². The molecule has 0 atom stereocenters. The van der Waals surface area contributed by atoms with Crippen molar-refractivity contribution in [2.75, 3.05) is 34.0 Å². The van der Waals surface area contributed by atoms with Crippen molar-refractivity contribution in [3.05, 3.63) is 77.4 Å². The Hall–Kier alpha value is -5.23. The standard InChI is InChI=1S/C35H38N4O8/c1-34(2,44)33(43)46-21-38(4)37-31(36-3)23-11-12-28-25(17-23)27(41)20-35(47-28)13-15-39(16-14-35)32(42)24-18-26(40)30(29(19-24)45-5)22-9-7-6-8-10-22/h6-12,17-19,40,44H,3,13-16,20-21H2,1-2,4-5H3/b37-31-. The number of aliphatic hydroxyl groups is 1. The second-order valence-corrected chi connectivity index (χ2v) is 12.2. The van der Waals surface area contributed by atoms with Crippen LogP contribution in [0.25, 0.3) is 11.1 Å². The Morgan fingerprint density at radius 1 is 1.09 bits per heavy atom. The summed E-state index contributed by atoms with van der Waals surface area (Å²) < 4.78 is 17.0. The number of amidine groups is 1. The number of aromatic hydroxyl groups is 1. The molecular formula is C35H38N4O8. The molecule has 0 aromatic heterocycles. The van der Waals surface area contributed by atoms with E-state index in [1.165, 1.54) is 32.0 Å². The molecule has 1 saturated heterocycles. The van der Waals surface area contributed by atoms with Gasteiger partial charge in [0.1, 0.15) is 22.8 Å². The van der Waals surface area contributed by atoms with Gasteiger partial charge in [-0.15, -0.1) is 0 Å². The number of amides is 1. The van der Waals surface area contributed by atoms with Gasteiger partial charge < -0.3 is 29.3 Å². The number of benzene rings is 3. The molecule has 1 fully saturated rings. The first-order valence-electron chi connectivity index (χ1n) is 15.1. The van der Waals surface area contributed by atoms with Crippen molar-refractivity contribution in [1.29, 1.82) is 0 Å². The fourth-order valence-electron chi connectivity index (χ4n) is 5.69. The molecule has 3 aromatic rings. The quantitative estimate of drug-likeness (QED) is 0.121.